The lowest BCUT2D eigenvalue weighted by atomic mass is 10.1. The molecule has 1 N–H and O–H groups in total. The highest BCUT2D eigenvalue weighted by Crippen LogP contribution is 2.29. The van der Waals surface area contributed by atoms with Gasteiger partial charge < -0.3 is 14.7 Å². The van der Waals surface area contributed by atoms with Crippen molar-refractivity contribution < 1.29 is 14.6 Å². The maximum atomic E-state index is 11.6. The standard InChI is InChI=1S/C18H16ClNO3/c19-15-16(18(22)23-17(15)21)20(11-13-7-3-1-4-8-13)12-14-9-5-2-6-10-14/h1-10,18,22H,11-12H2. The SMILES string of the molecule is O=C1OC(O)C(N(Cc2ccccc2)Cc2ccccc2)=C1Cl. The van der Waals surface area contributed by atoms with Gasteiger partial charge in [-0.2, -0.15) is 0 Å². The average molecular weight is 330 g/mol. The van der Waals surface area contributed by atoms with Crippen molar-refractivity contribution in [2.45, 2.75) is 19.4 Å². The molecule has 0 spiro atoms. The van der Waals surface area contributed by atoms with Crippen molar-refractivity contribution in [2.75, 3.05) is 0 Å². The molecule has 0 bridgehead atoms. The van der Waals surface area contributed by atoms with Gasteiger partial charge in [0.2, 0.25) is 6.29 Å². The maximum Gasteiger partial charge on any atom is 0.354 e. The summed E-state index contributed by atoms with van der Waals surface area (Å²) >= 11 is 6.05. The van der Waals surface area contributed by atoms with Crippen LogP contribution in [0, 0.1) is 0 Å². The van der Waals surface area contributed by atoms with Crippen molar-refractivity contribution in [3.8, 4) is 0 Å². The second kappa shape index (κ2) is 6.86. The monoisotopic (exact) mass is 329 g/mol. The number of nitrogens with zero attached hydrogens (tertiary/aromatic N) is 1. The molecule has 23 heavy (non-hydrogen) atoms. The number of rotatable bonds is 5. The van der Waals surface area contributed by atoms with Gasteiger partial charge in [-0.05, 0) is 11.1 Å². The van der Waals surface area contributed by atoms with Gasteiger partial charge in [0.05, 0.1) is 0 Å². The Morgan fingerprint density at radius 3 is 1.83 bits per heavy atom. The molecule has 2 aromatic rings. The minimum Gasteiger partial charge on any atom is -0.425 e. The summed E-state index contributed by atoms with van der Waals surface area (Å²) in [6, 6.07) is 19.6. The molecule has 1 aliphatic rings. The number of cyclic esters (lactones) is 1. The summed E-state index contributed by atoms with van der Waals surface area (Å²) in [5.74, 6) is -0.694. The molecule has 0 aromatic heterocycles. The van der Waals surface area contributed by atoms with Crippen molar-refractivity contribution in [3.63, 3.8) is 0 Å². The number of halogens is 1. The number of esters is 1. The topological polar surface area (TPSA) is 49.8 Å². The van der Waals surface area contributed by atoms with Gasteiger partial charge in [-0.1, -0.05) is 72.3 Å². The molecule has 0 radical (unpaired) electrons. The van der Waals surface area contributed by atoms with Gasteiger partial charge >= 0.3 is 5.97 Å². The highest BCUT2D eigenvalue weighted by Gasteiger charge is 2.35. The molecule has 1 aliphatic heterocycles. The molecule has 0 aliphatic carbocycles. The first-order chi connectivity index (χ1) is 11.1. The lowest BCUT2D eigenvalue weighted by molar-refractivity contribution is -0.152. The van der Waals surface area contributed by atoms with Crippen LogP contribution in [0.5, 0.6) is 0 Å². The Labute approximate surface area is 139 Å². The van der Waals surface area contributed by atoms with Crippen LogP contribution < -0.4 is 0 Å². The number of carbonyl (C=O) groups excluding carboxylic acids is 1. The number of benzene rings is 2. The smallest absolute Gasteiger partial charge is 0.354 e. The molecule has 0 fully saturated rings. The summed E-state index contributed by atoms with van der Waals surface area (Å²) in [6.45, 7) is 1.02. The van der Waals surface area contributed by atoms with Crippen molar-refractivity contribution in [1.29, 1.82) is 0 Å². The van der Waals surface area contributed by atoms with E-state index < -0.39 is 12.3 Å². The van der Waals surface area contributed by atoms with Crippen LogP contribution in [0.3, 0.4) is 0 Å². The molecule has 1 atom stereocenters. The van der Waals surface area contributed by atoms with Gasteiger partial charge in [-0.15, -0.1) is 0 Å². The van der Waals surface area contributed by atoms with Crippen LogP contribution in [0.4, 0.5) is 0 Å². The number of hydrogen-bond donors (Lipinski definition) is 1. The van der Waals surface area contributed by atoms with Gasteiger partial charge in [-0.25, -0.2) is 4.79 Å². The van der Waals surface area contributed by atoms with E-state index in [1.54, 1.807) is 0 Å². The molecule has 3 rings (SSSR count). The zero-order chi connectivity index (χ0) is 16.2. The van der Waals surface area contributed by atoms with Crippen LogP contribution in [0.15, 0.2) is 71.4 Å². The number of carbonyl (C=O) groups is 1. The largest absolute Gasteiger partial charge is 0.425 e. The summed E-state index contributed by atoms with van der Waals surface area (Å²) in [6.07, 6.45) is -1.33. The lowest BCUT2D eigenvalue weighted by Gasteiger charge is -2.27. The van der Waals surface area contributed by atoms with Gasteiger partial charge in [0, 0.05) is 13.1 Å². The molecule has 0 amide bonds. The van der Waals surface area contributed by atoms with Crippen LogP contribution in [0.2, 0.25) is 0 Å². The van der Waals surface area contributed by atoms with Gasteiger partial charge in [0.15, 0.2) is 5.03 Å². The van der Waals surface area contributed by atoms with Crippen LogP contribution in [0.25, 0.3) is 0 Å². The van der Waals surface area contributed by atoms with E-state index in [9.17, 15) is 9.90 Å². The van der Waals surface area contributed by atoms with E-state index in [-0.39, 0.29) is 5.03 Å². The van der Waals surface area contributed by atoms with E-state index in [4.69, 9.17) is 16.3 Å². The summed E-state index contributed by atoms with van der Waals surface area (Å²) in [5, 5.41) is 9.96. The van der Waals surface area contributed by atoms with Crippen molar-refractivity contribution >= 4 is 17.6 Å². The third kappa shape index (κ3) is 3.55. The van der Waals surface area contributed by atoms with Crippen molar-refractivity contribution in [3.05, 3.63) is 82.5 Å². The molecule has 5 heteroatoms. The lowest BCUT2D eigenvalue weighted by Crippen LogP contribution is -2.28. The van der Waals surface area contributed by atoms with E-state index in [1.165, 1.54) is 0 Å². The molecule has 1 unspecified atom stereocenters. The normalized spacial score (nSPS) is 17.3. The Balaban J connectivity index is 1.92. The summed E-state index contributed by atoms with van der Waals surface area (Å²) in [4.78, 5) is 13.5. The fourth-order valence-electron chi connectivity index (χ4n) is 2.55. The molecular weight excluding hydrogens is 314 g/mol. The van der Waals surface area contributed by atoms with Crippen LogP contribution >= 0.6 is 11.6 Å². The summed E-state index contributed by atoms with van der Waals surface area (Å²) in [5.41, 5.74) is 2.41. The Morgan fingerprint density at radius 2 is 1.43 bits per heavy atom. The number of aliphatic hydroxyl groups excluding tert-OH is 1. The highest BCUT2D eigenvalue weighted by atomic mass is 35.5. The molecule has 1 heterocycles. The van der Waals surface area contributed by atoms with Gasteiger partial charge in [0.25, 0.3) is 0 Å². The van der Waals surface area contributed by atoms with E-state index in [0.717, 1.165) is 11.1 Å². The molecular formula is C18H16ClNO3. The maximum absolute atomic E-state index is 11.6. The Hall–Kier alpha value is -2.30. The first-order valence-electron chi connectivity index (χ1n) is 7.26. The Kier molecular flexibility index (Phi) is 4.65. The fourth-order valence-corrected chi connectivity index (χ4v) is 2.81. The minimum atomic E-state index is -1.33. The average Bonchev–Trinajstić information content (AvgIpc) is 2.81. The van der Waals surface area contributed by atoms with Crippen LogP contribution in [-0.2, 0) is 22.6 Å². The molecule has 4 nitrogen and oxygen atoms in total. The van der Waals surface area contributed by atoms with E-state index >= 15 is 0 Å². The molecule has 2 aromatic carbocycles. The van der Waals surface area contributed by atoms with E-state index in [1.807, 2.05) is 65.6 Å². The predicted molar refractivity (Wildman–Crippen MR) is 87.1 cm³/mol. The molecule has 0 saturated carbocycles. The molecule has 0 saturated heterocycles. The highest BCUT2D eigenvalue weighted by molar-refractivity contribution is 6.42. The Bertz CT molecular complexity index is 674. The van der Waals surface area contributed by atoms with Crippen LogP contribution in [0.1, 0.15) is 11.1 Å². The quantitative estimate of drug-likeness (QED) is 0.857. The molecule has 118 valence electrons. The summed E-state index contributed by atoms with van der Waals surface area (Å²) < 4.78 is 4.81. The van der Waals surface area contributed by atoms with Crippen molar-refractivity contribution in [1.82, 2.24) is 4.90 Å². The first kappa shape index (κ1) is 15.6. The zero-order valence-electron chi connectivity index (χ0n) is 12.4. The summed E-state index contributed by atoms with van der Waals surface area (Å²) in [7, 11) is 0. The first-order valence-corrected chi connectivity index (χ1v) is 7.64. The third-order valence-corrected chi connectivity index (χ3v) is 3.98. The van der Waals surface area contributed by atoms with E-state index in [2.05, 4.69) is 0 Å². The zero-order valence-corrected chi connectivity index (χ0v) is 13.1. The number of aliphatic hydroxyl groups is 1. The second-order valence-corrected chi connectivity index (χ2v) is 5.66. The van der Waals surface area contributed by atoms with Crippen LogP contribution in [-0.4, -0.2) is 22.3 Å². The minimum absolute atomic E-state index is 0.0654. The second-order valence-electron chi connectivity index (χ2n) is 5.28. The number of hydrogen-bond acceptors (Lipinski definition) is 4. The third-order valence-electron chi connectivity index (χ3n) is 3.63. The van der Waals surface area contributed by atoms with Gasteiger partial charge in [-0.3, -0.25) is 0 Å². The van der Waals surface area contributed by atoms with Crippen molar-refractivity contribution in [2.24, 2.45) is 0 Å². The fraction of sp³-hybridized carbons (Fsp3) is 0.167. The van der Waals surface area contributed by atoms with Gasteiger partial charge in [0.1, 0.15) is 5.70 Å². The van der Waals surface area contributed by atoms with E-state index in [0.29, 0.717) is 18.8 Å². The predicted octanol–water partition coefficient (Wildman–Crippen LogP) is 3.01. The number of ether oxygens (including phenoxy) is 1. The Morgan fingerprint density at radius 1 is 0.957 bits per heavy atom.